The van der Waals surface area contributed by atoms with Crippen LogP contribution in [0.2, 0.25) is 0 Å². The number of aryl methyl sites for hydroxylation is 2. The average Bonchev–Trinajstić information content (AvgIpc) is 3.52. The van der Waals surface area contributed by atoms with Crippen molar-refractivity contribution in [2.24, 2.45) is 0 Å². The van der Waals surface area contributed by atoms with Crippen molar-refractivity contribution in [2.45, 2.75) is 64.9 Å². The van der Waals surface area contributed by atoms with Crippen LogP contribution < -0.4 is 4.74 Å². The molecule has 1 fully saturated rings. The van der Waals surface area contributed by atoms with Gasteiger partial charge < -0.3 is 33.0 Å². The van der Waals surface area contributed by atoms with E-state index in [0.717, 1.165) is 59.2 Å². The predicted octanol–water partition coefficient (Wildman–Crippen LogP) is 5.58. The molecular weight excluding hydrogens is 526 g/mol. The lowest BCUT2D eigenvalue weighted by Gasteiger charge is -2.29. The van der Waals surface area contributed by atoms with E-state index >= 15 is 0 Å². The summed E-state index contributed by atoms with van der Waals surface area (Å²) < 4.78 is 30.7. The fourth-order valence-electron chi connectivity index (χ4n) is 5.24. The lowest BCUT2D eigenvalue weighted by molar-refractivity contribution is -0.0523. The van der Waals surface area contributed by atoms with Crippen LogP contribution in [0.15, 0.2) is 47.0 Å². The van der Waals surface area contributed by atoms with Crippen molar-refractivity contribution in [2.75, 3.05) is 26.9 Å². The first-order chi connectivity index (χ1) is 19.9. The van der Waals surface area contributed by atoms with Crippen LogP contribution in [0.4, 0.5) is 0 Å². The molecule has 3 heterocycles. The summed E-state index contributed by atoms with van der Waals surface area (Å²) in [5.74, 6) is 0.808. The summed E-state index contributed by atoms with van der Waals surface area (Å²) in [6, 6.07) is 11.5. The standard InChI is InChI=1S/C31H37N3O7/c1-20-6-4-7-22(14-20)30-33-26(21(2)41-30)19-40-25-9-5-8-24(17-25)38-11-10-34-27(31(35)36)15-23-16-29(32-18-28(23)34)39-13-12-37-3/h4,6-7,14-16,18,24-25H,5,8-13,17,19H2,1-3H3,(H,35,36)/t24-,25?/m1/s1. The number of ether oxygens (including phenoxy) is 4. The van der Waals surface area contributed by atoms with Crippen LogP contribution in [0.5, 0.6) is 5.88 Å². The normalized spacial score (nSPS) is 17.2. The Hall–Kier alpha value is -3.73. The number of carboxylic acid groups (broad SMARTS) is 1. The van der Waals surface area contributed by atoms with Crippen LogP contribution in [0.3, 0.4) is 0 Å². The highest BCUT2D eigenvalue weighted by Crippen LogP contribution is 2.28. The third kappa shape index (κ3) is 7.13. The number of hydrogen-bond donors (Lipinski definition) is 1. The summed E-state index contributed by atoms with van der Waals surface area (Å²) >= 11 is 0. The van der Waals surface area contributed by atoms with Gasteiger partial charge in [-0.3, -0.25) is 0 Å². The molecule has 0 amide bonds. The summed E-state index contributed by atoms with van der Waals surface area (Å²) in [7, 11) is 1.60. The molecule has 2 atom stereocenters. The van der Waals surface area contributed by atoms with Crippen LogP contribution in [0.1, 0.15) is 53.2 Å². The number of hydrogen-bond acceptors (Lipinski definition) is 8. The lowest BCUT2D eigenvalue weighted by Crippen LogP contribution is -2.29. The molecular formula is C31H37N3O7. The Balaban J connectivity index is 1.15. The zero-order valence-electron chi connectivity index (χ0n) is 23.8. The van der Waals surface area contributed by atoms with Gasteiger partial charge in [0.05, 0.1) is 43.7 Å². The highest BCUT2D eigenvalue weighted by molar-refractivity contribution is 5.94. The van der Waals surface area contributed by atoms with E-state index in [2.05, 4.69) is 16.0 Å². The van der Waals surface area contributed by atoms with Crippen LogP contribution in [0.25, 0.3) is 22.4 Å². The number of methoxy groups -OCH3 is 1. The van der Waals surface area contributed by atoms with Gasteiger partial charge in [0.1, 0.15) is 23.8 Å². The molecule has 1 aromatic carbocycles. The monoisotopic (exact) mass is 563 g/mol. The molecule has 0 saturated heterocycles. The number of oxazole rings is 1. The van der Waals surface area contributed by atoms with Gasteiger partial charge in [-0.25, -0.2) is 14.8 Å². The van der Waals surface area contributed by atoms with Crippen molar-refractivity contribution in [1.82, 2.24) is 14.5 Å². The highest BCUT2D eigenvalue weighted by atomic mass is 16.5. The second kappa shape index (κ2) is 13.3. The van der Waals surface area contributed by atoms with Gasteiger partial charge in [0, 0.05) is 30.7 Å². The van der Waals surface area contributed by atoms with Crippen molar-refractivity contribution < 1.29 is 33.3 Å². The summed E-state index contributed by atoms with van der Waals surface area (Å²) in [4.78, 5) is 21.0. The maximum absolute atomic E-state index is 11.9. The maximum atomic E-state index is 11.9. The fourth-order valence-corrected chi connectivity index (χ4v) is 5.24. The minimum absolute atomic E-state index is 0.0454. The molecule has 1 aliphatic carbocycles. The van der Waals surface area contributed by atoms with Gasteiger partial charge in [0.2, 0.25) is 11.8 Å². The number of benzene rings is 1. The van der Waals surface area contributed by atoms with Crippen molar-refractivity contribution >= 4 is 16.9 Å². The summed E-state index contributed by atoms with van der Waals surface area (Å²) in [6.07, 6.45) is 5.45. The van der Waals surface area contributed by atoms with Crippen molar-refractivity contribution in [3.05, 3.63) is 65.3 Å². The number of pyridine rings is 1. The molecule has 0 radical (unpaired) electrons. The van der Waals surface area contributed by atoms with Gasteiger partial charge in [-0.1, -0.05) is 17.7 Å². The third-order valence-corrected chi connectivity index (χ3v) is 7.38. The summed E-state index contributed by atoms with van der Waals surface area (Å²) in [6.45, 7) is 5.95. The molecule has 4 aromatic rings. The van der Waals surface area contributed by atoms with E-state index in [9.17, 15) is 9.90 Å². The molecule has 41 heavy (non-hydrogen) atoms. The second-order valence-electron chi connectivity index (χ2n) is 10.4. The molecule has 1 aliphatic rings. The zero-order valence-corrected chi connectivity index (χ0v) is 23.8. The molecule has 218 valence electrons. The van der Waals surface area contributed by atoms with Crippen molar-refractivity contribution in [3.63, 3.8) is 0 Å². The van der Waals surface area contributed by atoms with Gasteiger partial charge in [0.25, 0.3) is 0 Å². The molecule has 3 aromatic heterocycles. The quantitative estimate of drug-likeness (QED) is 0.208. The second-order valence-corrected chi connectivity index (χ2v) is 10.4. The van der Waals surface area contributed by atoms with Crippen LogP contribution >= 0.6 is 0 Å². The number of aromatic carboxylic acids is 1. The largest absolute Gasteiger partial charge is 0.477 e. The smallest absolute Gasteiger partial charge is 0.352 e. The van der Waals surface area contributed by atoms with Crippen LogP contribution in [-0.4, -0.2) is 64.7 Å². The van der Waals surface area contributed by atoms with E-state index < -0.39 is 5.97 Å². The number of fused-ring (bicyclic) bond motifs is 1. The van der Waals surface area contributed by atoms with Crippen molar-refractivity contribution in [1.29, 1.82) is 0 Å². The summed E-state index contributed by atoms with van der Waals surface area (Å²) in [5, 5.41) is 10.5. The molecule has 10 heteroatoms. The van der Waals surface area contributed by atoms with Crippen LogP contribution in [0, 0.1) is 13.8 Å². The van der Waals surface area contributed by atoms with E-state index in [1.807, 2.05) is 32.0 Å². The van der Waals surface area contributed by atoms with E-state index in [1.54, 1.807) is 30.0 Å². The Kier molecular flexibility index (Phi) is 9.33. The minimum Gasteiger partial charge on any atom is -0.477 e. The topological polar surface area (TPSA) is 118 Å². The number of aromatic nitrogens is 3. The molecule has 0 spiro atoms. The van der Waals surface area contributed by atoms with Gasteiger partial charge in [0.15, 0.2) is 0 Å². The number of nitrogens with zero attached hydrogens (tertiary/aromatic N) is 3. The number of carboxylic acids is 1. The average molecular weight is 564 g/mol. The third-order valence-electron chi connectivity index (χ3n) is 7.38. The Bertz CT molecular complexity index is 1480. The van der Waals surface area contributed by atoms with E-state index in [0.29, 0.717) is 44.7 Å². The lowest BCUT2D eigenvalue weighted by atomic mass is 9.95. The molecule has 5 rings (SSSR count). The van der Waals surface area contributed by atoms with Gasteiger partial charge in [-0.2, -0.15) is 0 Å². The Labute approximate surface area is 239 Å². The molecule has 10 nitrogen and oxygen atoms in total. The van der Waals surface area contributed by atoms with E-state index in [1.165, 1.54) is 0 Å². The van der Waals surface area contributed by atoms with Crippen LogP contribution in [-0.2, 0) is 27.4 Å². The fraction of sp³-hybridized carbons (Fsp3) is 0.452. The SMILES string of the molecule is COCCOc1cc2cc(C(=O)O)n(CCO[C@@H]3CCCC(OCc4nc(-c5cccc(C)c5)oc4C)C3)c2cn1. The molecule has 1 saturated carbocycles. The summed E-state index contributed by atoms with van der Waals surface area (Å²) in [5.41, 5.74) is 3.84. The number of carbonyl (C=O) groups is 1. The van der Waals surface area contributed by atoms with Gasteiger partial charge in [-0.05, 0) is 57.7 Å². The molecule has 1 unspecified atom stereocenters. The Morgan fingerprint density at radius 2 is 1.93 bits per heavy atom. The molecule has 0 bridgehead atoms. The highest BCUT2D eigenvalue weighted by Gasteiger charge is 2.25. The number of rotatable bonds is 13. The first kappa shape index (κ1) is 28.8. The molecule has 1 N–H and O–H groups in total. The van der Waals surface area contributed by atoms with Gasteiger partial charge >= 0.3 is 5.97 Å². The van der Waals surface area contributed by atoms with Crippen molar-refractivity contribution in [3.8, 4) is 17.3 Å². The molecule has 0 aliphatic heterocycles. The van der Waals surface area contributed by atoms with Gasteiger partial charge in [-0.15, -0.1) is 0 Å². The Morgan fingerprint density at radius 3 is 2.71 bits per heavy atom. The minimum atomic E-state index is -0.997. The predicted molar refractivity (Wildman–Crippen MR) is 152 cm³/mol. The first-order valence-electron chi connectivity index (χ1n) is 14.0. The zero-order chi connectivity index (χ0) is 28.8. The van der Waals surface area contributed by atoms with E-state index in [4.69, 9.17) is 23.4 Å². The first-order valence-corrected chi connectivity index (χ1v) is 14.0. The maximum Gasteiger partial charge on any atom is 0.352 e. The Morgan fingerprint density at radius 1 is 1.10 bits per heavy atom. The van der Waals surface area contributed by atoms with E-state index in [-0.39, 0.29) is 17.9 Å².